The lowest BCUT2D eigenvalue weighted by Crippen LogP contribution is -2.52. The highest BCUT2D eigenvalue weighted by Crippen LogP contribution is 2.66. The summed E-state index contributed by atoms with van der Waals surface area (Å²) >= 11 is 0. The topological polar surface area (TPSA) is 34.9 Å². The zero-order valence-electron chi connectivity index (χ0n) is 17.9. The number of nitrogens with zero attached hydrogens (tertiary/aromatic N) is 2. The molecule has 0 unspecified atom stereocenters. The highest BCUT2D eigenvalue weighted by Gasteiger charge is 2.60. The van der Waals surface area contributed by atoms with Gasteiger partial charge in [0.05, 0.1) is 5.69 Å². The second kappa shape index (κ2) is 6.57. The van der Waals surface area contributed by atoms with Crippen LogP contribution in [0.1, 0.15) is 84.3 Å². The van der Waals surface area contributed by atoms with E-state index in [2.05, 4.69) is 31.9 Å². The molecule has 0 spiro atoms. The molecule has 1 heterocycles. The normalized spacial score (nSPS) is 44.2. The standard InChI is InChI=1S/C25H36N2O/c1-4-27-14-11-19(26-27)15-17-16-22-20-9-8-18-7-5-6-12-24(18,2)21(20)10-13-25(22,3)23(17)28/h11,14-15,18,20-22H,4-10,12-13,16H2,1-3H3/b17-15-/t18-,20+,21-,22-,24+,25-/m1/s1. The van der Waals surface area contributed by atoms with Gasteiger partial charge in [0.25, 0.3) is 0 Å². The summed E-state index contributed by atoms with van der Waals surface area (Å²) in [7, 11) is 0. The minimum absolute atomic E-state index is 0.127. The van der Waals surface area contributed by atoms with Crippen LogP contribution in [0.4, 0.5) is 0 Å². The molecule has 4 saturated carbocycles. The molecule has 0 N–H and O–H groups in total. The predicted octanol–water partition coefficient (Wildman–Crippen LogP) is 5.90. The largest absolute Gasteiger partial charge is 0.294 e. The first kappa shape index (κ1) is 18.6. The van der Waals surface area contributed by atoms with Gasteiger partial charge < -0.3 is 0 Å². The number of aromatic nitrogens is 2. The van der Waals surface area contributed by atoms with Gasteiger partial charge in [0, 0.05) is 18.2 Å². The Kier molecular flexibility index (Phi) is 4.37. The van der Waals surface area contributed by atoms with E-state index in [4.69, 9.17) is 0 Å². The first-order chi connectivity index (χ1) is 13.5. The Labute approximate surface area is 170 Å². The van der Waals surface area contributed by atoms with Crippen molar-refractivity contribution < 1.29 is 4.79 Å². The summed E-state index contributed by atoms with van der Waals surface area (Å²) in [5.41, 5.74) is 2.41. The molecule has 3 heteroatoms. The van der Waals surface area contributed by atoms with Crippen molar-refractivity contribution >= 4 is 11.9 Å². The van der Waals surface area contributed by atoms with E-state index >= 15 is 0 Å². The fourth-order valence-electron chi connectivity index (χ4n) is 7.90. The van der Waals surface area contributed by atoms with E-state index in [1.807, 2.05) is 16.9 Å². The van der Waals surface area contributed by atoms with Crippen molar-refractivity contribution in [1.29, 1.82) is 0 Å². The zero-order chi connectivity index (χ0) is 19.5. The summed E-state index contributed by atoms with van der Waals surface area (Å²) in [6.07, 6.45) is 16.0. The van der Waals surface area contributed by atoms with E-state index in [1.165, 1.54) is 44.9 Å². The lowest BCUT2D eigenvalue weighted by Gasteiger charge is -2.59. The first-order valence-corrected chi connectivity index (χ1v) is 11.7. The summed E-state index contributed by atoms with van der Waals surface area (Å²) in [6.45, 7) is 7.88. The second-order valence-corrected chi connectivity index (χ2v) is 10.7. The van der Waals surface area contributed by atoms with E-state index in [9.17, 15) is 4.79 Å². The number of Topliss-reactive ketones (excluding diaryl/α,β-unsaturated/α-hetero) is 1. The van der Waals surface area contributed by atoms with Crippen LogP contribution in [-0.2, 0) is 11.3 Å². The fraction of sp³-hybridized carbons (Fsp3) is 0.760. The van der Waals surface area contributed by atoms with Gasteiger partial charge in [0.1, 0.15) is 0 Å². The summed E-state index contributed by atoms with van der Waals surface area (Å²) in [6, 6.07) is 2.05. The Balaban J connectivity index is 1.45. The van der Waals surface area contributed by atoms with Crippen LogP contribution in [0.15, 0.2) is 17.8 Å². The van der Waals surface area contributed by atoms with E-state index in [0.717, 1.165) is 48.4 Å². The van der Waals surface area contributed by atoms with E-state index < -0.39 is 0 Å². The van der Waals surface area contributed by atoms with E-state index in [0.29, 0.717) is 17.1 Å². The van der Waals surface area contributed by atoms with Crippen LogP contribution in [0.25, 0.3) is 6.08 Å². The molecule has 4 fully saturated rings. The number of fused-ring (bicyclic) bond motifs is 5. The maximum atomic E-state index is 13.5. The maximum absolute atomic E-state index is 13.5. The molecule has 3 nitrogen and oxygen atoms in total. The molecular formula is C25H36N2O. The molecule has 4 aliphatic carbocycles. The van der Waals surface area contributed by atoms with Gasteiger partial charge in [-0.15, -0.1) is 0 Å². The average Bonchev–Trinajstić information content (AvgIpc) is 3.25. The van der Waals surface area contributed by atoms with Crippen LogP contribution in [0.3, 0.4) is 0 Å². The second-order valence-electron chi connectivity index (χ2n) is 10.7. The van der Waals surface area contributed by atoms with Gasteiger partial charge in [-0.2, -0.15) is 5.10 Å². The number of carbonyl (C=O) groups excluding carboxylic acids is 1. The number of rotatable bonds is 2. The van der Waals surface area contributed by atoms with Gasteiger partial charge in [0.15, 0.2) is 5.78 Å². The smallest absolute Gasteiger partial charge is 0.165 e. The molecule has 28 heavy (non-hydrogen) atoms. The van der Waals surface area contributed by atoms with Gasteiger partial charge in [-0.25, -0.2) is 0 Å². The molecule has 0 saturated heterocycles. The molecule has 4 aliphatic rings. The Morgan fingerprint density at radius 3 is 2.79 bits per heavy atom. The van der Waals surface area contributed by atoms with Crippen molar-refractivity contribution in [1.82, 2.24) is 9.78 Å². The Hall–Kier alpha value is -1.38. The SMILES string of the molecule is CCn1ccc(/C=C2/C[C@@H]3[C@H]4CC[C@H]5CCCC[C@]5(C)[C@@H]4CC[C@@]3(C)C2=O)n1. The molecule has 152 valence electrons. The zero-order valence-corrected chi connectivity index (χ0v) is 17.9. The number of aryl methyl sites for hydroxylation is 1. The molecule has 0 aliphatic heterocycles. The number of hydrogen-bond acceptors (Lipinski definition) is 2. The van der Waals surface area contributed by atoms with Crippen molar-refractivity contribution in [2.75, 3.05) is 0 Å². The molecule has 0 radical (unpaired) electrons. The fourth-order valence-corrected chi connectivity index (χ4v) is 7.90. The number of allylic oxidation sites excluding steroid dienone is 1. The van der Waals surface area contributed by atoms with Crippen molar-refractivity contribution in [3.05, 3.63) is 23.5 Å². The highest BCUT2D eigenvalue weighted by atomic mass is 16.1. The summed E-state index contributed by atoms with van der Waals surface area (Å²) in [5, 5.41) is 4.60. The number of carbonyl (C=O) groups is 1. The first-order valence-electron chi connectivity index (χ1n) is 11.7. The molecule has 0 bridgehead atoms. The van der Waals surface area contributed by atoms with Crippen LogP contribution in [0, 0.1) is 34.5 Å². The van der Waals surface area contributed by atoms with E-state index in [1.54, 1.807) is 0 Å². The van der Waals surface area contributed by atoms with Crippen LogP contribution in [-0.4, -0.2) is 15.6 Å². The minimum Gasteiger partial charge on any atom is -0.294 e. The molecule has 0 aromatic carbocycles. The van der Waals surface area contributed by atoms with Gasteiger partial charge in [-0.3, -0.25) is 9.48 Å². The van der Waals surface area contributed by atoms with Crippen LogP contribution < -0.4 is 0 Å². The van der Waals surface area contributed by atoms with Gasteiger partial charge in [-0.1, -0.05) is 26.7 Å². The minimum atomic E-state index is -0.127. The third-order valence-electron chi connectivity index (χ3n) is 9.53. The Bertz CT molecular complexity index is 807. The van der Waals surface area contributed by atoms with Gasteiger partial charge >= 0.3 is 0 Å². The van der Waals surface area contributed by atoms with Crippen molar-refractivity contribution in [2.45, 2.75) is 85.1 Å². The quantitative estimate of drug-likeness (QED) is 0.599. The van der Waals surface area contributed by atoms with E-state index in [-0.39, 0.29) is 5.41 Å². The van der Waals surface area contributed by atoms with Crippen molar-refractivity contribution in [2.24, 2.45) is 34.5 Å². The Morgan fingerprint density at radius 1 is 1.14 bits per heavy atom. The molecule has 1 aromatic rings. The van der Waals surface area contributed by atoms with Crippen LogP contribution in [0.5, 0.6) is 0 Å². The maximum Gasteiger partial charge on any atom is 0.165 e. The number of hydrogen-bond donors (Lipinski definition) is 0. The predicted molar refractivity (Wildman–Crippen MR) is 113 cm³/mol. The highest BCUT2D eigenvalue weighted by molar-refractivity contribution is 6.05. The number of ketones is 1. The van der Waals surface area contributed by atoms with Crippen LogP contribution >= 0.6 is 0 Å². The molecule has 1 aromatic heterocycles. The van der Waals surface area contributed by atoms with Crippen molar-refractivity contribution in [3.8, 4) is 0 Å². The summed E-state index contributed by atoms with van der Waals surface area (Å²) in [4.78, 5) is 13.5. The van der Waals surface area contributed by atoms with Gasteiger partial charge in [-0.05, 0) is 98.7 Å². The average molecular weight is 381 g/mol. The van der Waals surface area contributed by atoms with Gasteiger partial charge in [0.2, 0.25) is 0 Å². The van der Waals surface area contributed by atoms with Crippen molar-refractivity contribution in [3.63, 3.8) is 0 Å². The Morgan fingerprint density at radius 2 is 2.00 bits per heavy atom. The lowest BCUT2D eigenvalue weighted by atomic mass is 9.45. The molecule has 5 rings (SSSR count). The third-order valence-corrected chi connectivity index (χ3v) is 9.53. The monoisotopic (exact) mass is 380 g/mol. The third kappa shape index (κ3) is 2.60. The molecular weight excluding hydrogens is 344 g/mol. The summed E-state index contributed by atoms with van der Waals surface area (Å²) in [5.74, 6) is 3.52. The summed E-state index contributed by atoms with van der Waals surface area (Å²) < 4.78 is 1.95. The van der Waals surface area contributed by atoms with Crippen LogP contribution in [0.2, 0.25) is 0 Å². The lowest BCUT2D eigenvalue weighted by molar-refractivity contribution is -0.137. The molecule has 0 amide bonds. The molecule has 6 atom stereocenters.